The van der Waals surface area contributed by atoms with Gasteiger partial charge in [-0.3, -0.25) is 4.98 Å². The van der Waals surface area contributed by atoms with Crippen molar-refractivity contribution in [2.45, 2.75) is 32.5 Å². The number of carbonyl (C=O) groups is 1. The van der Waals surface area contributed by atoms with Gasteiger partial charge in [-0.25, -0.2) is 9.78 Å². The van der Waals surface area contributed by atoms with E-state index in [0.29, 0.717) is 21.7 Å². The summed E-state index contributed by atoms with van der Waals surface area (Å²) in [5, 5.41) is 8.82. The normalized spacial score (nSPS) is 18.3. The molecule has 0 aliphatic carbocycles. The first kappa shape index (κ1) is 12.0. The van der Waals surface area contributed by atoms with Crippen LogP contribution in [0.15, 0.2) is 66.9 Å². The standard InChI is InChI=1S/C25H29N3O3/c1-19(2)28(15-9-10-16-31-18-23(29)30)22-17-26-24(20-11-5-3-6-12-20)25(27-22)21-13-7-4-8-14-21/h3-8,11-14,17,19H,9-10,15-16,18H2,1-2H3,(H,29,30)/i1D3,2D3,9D2,16D2,19D. The number of aliphatic carboxylic acids is 1. The Bertz CT molecular complexity index is 1350. The van der Waals surface area contributed by atoms with Gasteiger partial charge in [-0.2, -0.15) is 0 Å². The van der Waals surface area contributed by atoms with Gasteiger partial charge in [-0.05, 0) is 26.5 Å². The minimum Gasteiger partial charge on any atom is -0.480 e. The molecule has 0 radical (unpaired) electrons. The van der Waals surface area contributed by atoms with E-state index >= 15 is 0 Å². The molecule has 6 heteroatoms. The van der Waals surface area contributed by atoms with Crippen LogP contribution in [0.3, 0.4) is 0 Å². The second kappa shape index (κ2) is 11.2. The number of benzene rings is 2. The highest BCUT2D eigenvalue weighted by atomic mass is 16.5. The van der Waals surface area contributed by atoms with Crippen molar-refractivity contribution in [3.8, 4) is 22.5 Å². The first-order valence-electron chi connectivity index (χ1n) is 14.9. The van der Waals surface area contributed by atoms with Crippen LogP contribution in [0.5, 0.6) is 0 Å². The van der Waals surface area contributed by atoms with Gasteiger partial charge >= 0.3 is 5.97 Å². The summed E-state index contributed by atoms with van der Waals surface area (Å²) in [6, 6.07) is 13.9. The van der Waals surface area contributed by atoms with E-state index in [1.807, 2.05) is 0 Å². The van der Waals surface area contributed by atoms with Crippen molar-refractivity contribution in [3.63, 3.8) is 0 Å². The number of carboxylic acid groups (broad SMARTS) is 1. The molecule has 6 nitrogen and oxygen atoms in total. The molecule has 0 atom stereocenters. The molecule has 1 N–H and O–H groups in total. The van der Waals surface area contributed by atoms with Crippen LogP contribution in [-0.2, 0) is 9.53 Å². The Balaban J connectivity index is 2.23. The van der Waals surface area contributed by atoms with Gasteiger partial charge in [0.2, 0.25) is 0 Å². The van der Waals surface area contributed by atoms with E-state index in [1.54, 1.807) is 60.7 Å². The predicted molar refractivity (Wildman–Crippen MR) is 123 cm³/mol. The number of anilines is 1. The van der Waals surface area contributed by atoms with Gasteiger partial charge in [-0.1, -0.05) is 60.7 Å². The van der Waals surface area contributed by atoms with Gasteiger partial charge in [0, 0.05) is 41.2 Å². The molecule has 0 aliphatic rings. The molecule has 0 saturated carbocycles. The maximum atomic E-state index is 10.8. The van der Waals surface area contributed by atoms with Crippen LogP contribution in [0.1, 0.15) is 41.6 Å². The zero-order valence-corrected chi connectivity index (χ0v) is 16.6. The number of ether oxygens (including phenoxy) is 1. The second-order valence-electron chi connectivity index (χ2n) is 6.35. The van der Waals surface area contributed by atoms with Crippen molar-refractivity contribution in [3.05, 3.63) is 66.9 Å². The van der Waals surface area contributed by atoms with Crippen molar-refractivity contribution >= 4 is 11.8 Å². The molecule has 1 aromatic heterocycles. The molecule has 1 heterocycles. The van der Waals surface area contributed by atoms with Gasteiger partial charge in [0.25, 0.3) is 0 Å². The Hall–Kier alpha value is -3.25. The lowest BCUT2D eigenvalue weighted by Gasteiger charge is -2.28. The van der Waals surface area contributed by atoms with E-state index < -0.39 is 64.0 Å². The molecule has 0 amide bonds. The van der Waals surface area contributed by atoms with Crippen LogP contribution in [-0.4, -0.2) is 46.8 Å². The number of hydrogen-bond acceptors (Lipinski definition) is 5. The van der Waals surface area contributed by atoms with Crippen molar-refractivity contribution in [2.75, 3.05) is 24.6 Å². The van der Waals surface area contributed by atoms with Crippen molar-refractivity contribution in [2.24, 2.45) is 0 Å². The fourth-order valence-electron chi connectivity index (χ4n) is 2.77. The van der Waals surface area contributed by atoms with Crippen LogP contribution >= 0.6 is 0 Å². The molecule has 0 unspecified atom stereocenters. The molecule has 3 aromatic rings. The van der Waals surface area contributed by atoms with E-state index in [4.69, 9.17) is 20.2 Å². The Labute approximate surface area is 199 Å². The summed E-state index contributed by atoms with van der Waals surface area (Å²) in [5.74, 6) is -1.95. The van der Waals surface area contributed by atoms with Crippen LogP contribution in [0.2, 0.25) is 0 Å². The minimum atomic E-state index is -3.54. The van der Waals surface area contributed by atoms with Crippen molar-refractivity contribution < 1.29 is 29.7 Å². The summed E-state index contributed by atoms with van der Waals surface area (Å²) in [5.41, 5.74) is 1.70. The third-order valence-electron chi connectivity index (χ3n) is 4.17. The monoisotopic (exact) mass is 430 g/mol. The third kappa shape index (κ3) is 6.36. The Morgan fingerprint density at radius 3 is 2.39 bits per heavy atom. The van der Waals surface area contributed by atoms with Crippen LogP contribution in [0, 0.1) is 0 Å². The average molecular weight is 431 g/mol. The average Bonchev–Trinajstić information content (AvgIpc) is 2.89. The van der Waals surface area contributed by atoms with E-state index in [1.165, 1.54) is 0 Å². The Morgan fingerprint density at radius 2 is 1.77 bits per heavy atom. The highest BCUT2D eigenvalue weighted by Gasteiger charge is 2.17. The lowest BCUT2D eigenvalue weighted by molar-refractivity contribution is -0.142. The zero-order chi connectivity index (χ0) is 31.6. The third-order valence-corrected chi connectivity index (χ3v) is 4.17. The number of hydrogen-bond donors (Lipinski definition) is 1. The molecule has 162 valence electrons. The fraction of sp³-hybridized carbons (Fsp3) is 0.320. The van der Waals surface area contributed by atoms with Crippen LogP contribution in [0.25, 0.3) is 22.5 Å². The van der Waals surface area contributed by atoms with Gasteiger partial charge < -0.3 is 14.7 Å². The lowest BCUT2D eigenvalue weighted by atomic mass is 10.0. The van der Waals surface area contributed by atoms with E-state index in [-0.39, 0.29) is 5.69 Å². The van der Waals surface area contributed by atoms with Gasteiger partial charge in [0.15, 0.2) is 0 Å². The first-order valence-corrected chi connectivity index (χ1v) is 9.39. The summed E-state index contributed by atoms with van der Waals surface area (Å²) in [6.07, 6.45) is -2.83. The molecule has 2 aromatic carbocycles. The molecule has 0 aliphatic heterocycles. The van der Waals surface area contributed by atoms with E-state index in [0.717, 1.165) is 6.20 Å². The predicted octanol–water partition coefficient (Wildman–Crippen LogP) is 4.91. The van der Waals surface area contributed by atoms with Gasteiger partial charge in [0.1, 0.15) is 12.4 Å². The van der Waals surface area contributed by atoms with Crippen LogP contribution in [0.4, 0.5) is 5.82 Å². The number of rotatable bonds is 11. The summed E-state index contributed by atoms with van der Waals surface area (Å²) < 4.78 is 94.5. The molecule has 0 fully saturated rings. The Kier molecular flexibility index (Phi) is 4.33. The van der Waals surface area contributed by atoms with E-state index in [9.17, 15) is 4.79 Å². The summed E-state index contributed by atoms with van der Waals surface area (Å²) in [6.45, 7) is -12.1. The maximum Gasteiger partial charge on any atom is 0.329 e. The lowest BCUT2D eigenvalue weighted by Crippen LogP contribution is -2.33. The van der Waals surface area contributed by atoms with Gasteiger partial charge in [-0.15, -0.1) is 0 Å². The van der Waals surface area contributed by atoms with Crippen molar-refractivity contribution in [1.29, 1.82) is 0 Å². The minimum absolute atomic E-state index is 0.198. The molecular formula is C25H29N3O3. The summed E-state index contributed by atoms with van der Waals surface area (Å²) in [4.78, 5) is 20.3. The quantitative estimate of drug-likeness (QED) is 0.466. The molecule has 3 rings (SSSR count). The van der Waals surface area contributed by atoms with E-state index in [2.05, 4.69) is 14.7 Å². The molecule has 0 bridgehead atoms. The maximum absolute atomic E-state index is 10.8. The molecule has 0 saturated heterocycles. The Morgan fingerprint density at radius 1 is 1.13 bits per heavy atom. The largest absolute Gasteiger partial charge is 0.480 e. The van der Waals surface area contributed by atoms with Gasteiger partial charge in [0.05, 0.1) is 21.7 Å². The summed E-state index contributed by atoms with van der Waals surface area (Å²) >= 11 is 0. The second-order valence-corrected chi connectivity index (χ2v) is 6.35. The summed E-state index contributed by atoms with van der Waals surface area (Å²) in [7, 11) is 0. The van der Waals surface area contributed by atoms with Crippen LogP contribution < -0.4 is 4.90 Å². The molecular weight excluding hydrogens is 390 g/mol. The van der Waals surface area contributed by atoms with Crippen molar-refractivity contribution in [1.82, 2.24) is 9.97 Å². The molecule has 31 heavy (non-hydrogen) atoms. The smallest absolute Gasteiger partial charge is 0.329 e. The fourth-order valence-corrected chi connectivity index (χ4v) is 2.77. The molecule has 0 spiro atoms. The topological polar surface area (TPSA) is 75.5 Å². The SMILES string of the molecule is [2H]C([2H])(CN(c1cnc(-c2ccccc2)c(-c2ccccc2)n1)C([2H])(C([2H])([2H])[2H])C([2H])([2H])[2H])CC([2H])([2H])OCC(=O)O. The number of carboxylic acids is 1. The zero-order valence-electron chi connectivity index (χ0n) is 27.6. The first-order chi connectivity index (χ1) is 19.3. The highest BCUT2D eigenvalue weighted by Crippen LogP contribution is 2.30. The number of aromatic nitrogens is 2. The number of nitrogens with zero attached hydrogens (tertiary/aromatic N) is 3. The highest BCUT2D eigenvalue weighted by molar-refractivity contribution is 5.78.